The zero-order valence-electron chi connectivity index (χ0n) is 15.6. The maximum atomic E-state index is 10.0. The predicted molar refractivity (Wildman–Crippen MR) is 105 cm³/mol. The van der Waals surface area contributed by atoms with E-state index in [1.54, 1.807) is 6.07 Å². The molecule has 1 atom stereocenters. The van der Waals surface area contributed by atoms with Crippen LogP contribution < -0.4 is 11.1 Å². The van der Waals surface area contributed by atoms with E-state index in [4.69, 9.17) is 15.9 Å². The summed E-state index contributed by atoms with van der Waals surface area (Å²) in [4.78, 5) is 10.0. The third-order valence-corrected chi connectivity index (χ3v) is 4.25. The van der Waals surface area contributed by atoms with E-state index in [-0.39, 0.29) is 17.9 Å². The first kappa shape index (κ1) is 21.7. The first-order chi connectivity index (χ1) is 12.5. The number of nitrogens with one attached hydrogen (secondary N) is 1. The summed E-state index contributed by atoms with van der Waals surface area (Å²) in [6.45, 7) is 3.96. The number of aldehydes is 1. The summed E-state index contributed by atoms with van der Waals surface area (Å²) in [5.41, 5.74) is 9.00. The summed E-state index contributed by atoms with van der Waals surface area (Å²) in [5.74, 6) is 0.299. The van der Waals surface area contributed by atoms with Gasteiger partial charge in [0.2, 0.25) is 0 Å². The zero-order chi connectivity index (χ0) is 19.4. The average molecular weight is 358 g/mol. The molecule has 2 rings (SSSR count). The Labute approximate surface area is 155 Å². The van der Waals surface area contributed by atoms with Crippen molar-refractivity contribution in [2.75, 3.05) is 13.6 Å². The van der Waals surface area contributed by atoms with Gasteiger partial charge in [-0.1, -0.05) is 37.3 Å². The van der Waals surface area contributed by atoms with Crippen molar-refractivity contribution >= 4 is 6.29 Å². The molecular formula is C21H30N2O3. The monoisotopic (exact) mass is 358 g/mol. The third-order valence-electron chi connectivity index (χ3n) is 4.25. The minimum absolute atomic E-state index is 0.167. The van der Waals surface area contributed by atoms with Crippen molar-refractivity contribution in [3.05, 3.63) is 59.2 Å². The van der Waals surface area contributed by atoms with E-state index < -0.39 is 0 Å². The Kier molecular flexibility index (Phi) is 10.1. The van der Waals surface area contributed by atoms with Crippen LogP contribution in [0.1, 0.15) is 42.4 Å². The van der Waals surface area contributed by atoms with Crippen LogP contribution in [-0.2, 0) is 17.8 Å². The Morgan fingerprint density at radius 3 is 2.46 bits per heavy atom. The standard InChI is InChI=1S/C13H22N2.C8H8O3/c1-3-12(7-8-15-2)13-6-4-5-11(9-13)10-14;9-4-3-6-1-2-7(10)8(11)5-6/h4-6,9,12,15H,3,7-8,10,14H2,1-2H3;1-2,4-5,10-11H,3H2. The van der Waals surface area contributed by atoms with Crippen molar-refractivity contribution in [3.8, 4) is 11.5 Å². The number of carbonyl (C=O) groups excluding carboxylic acids is 1. The third kappa shape index (κ3) is 7.25. The van der Waals surface area contributed by atoms with E-state index >= 15 is 0 Å². The van der Waals surface area contributed by atoms with E-state index in [1.165, 1.54) is 36.1 Å². The Bertz CT molecular complexity index is 674. The van der Waals surface area contributed by atoms with Crippen LogP contribution >= 0.6 is 0 Å². The van der Waals surface area contributed by atoms with E-state index in [0.717, 1.165) is 12.8 Å². The van der Waals surface area contributed by atoms with Crippen LogP contribution in [-0.4, -0.2) is 30.1 Å². The Balaban J connectivity index is 0.000000273. The molecule has 0 aromatic heterocycles. The Morgan fingerprint density at radius 1 is 1.12 bits per heavy atom. The smallest absolute Gasteiger partial charge is 0.157 e. The number of aromatic hydroxyl groups is 2. The Hall–Kier alpha value is -2.37. The molecule has 26 heavy (non-hydrogen) atoms. The molecule has 2 aromatic rings. The quantitative estimate of drug-likeness (QED) is 0.430. The number of phenols is 2. The first-order valence-corrected chi connectivity index (χ1v) is 8.93. The van der Waals surface area contributed by atoms with Gasteiger partial charge in [-0.2, -0.15) is 0 Å². The summed E-state index contributed by atoms with van der Waals surface area (Å²) in [5, 5.41) is 21.0. The van der Waals surface area contributed by atoms with Crippen molar-refractivity contribution in [1.29, 1.82) is 0 Å². The summed E-state index contributed by atoms with van der Waals surface area (Å²) in [7, 11) is 2.00. The van der Waals surface area contributed by atoms with Crippen molar-refractivity contribution in [1.82, 2.24) is 5.32 Å². The molecular weight excluding hydrogens is 328 g/mol. The minimum atomic E-state index is -0.190. The number of rotatable bonds is 8. The molecule has 0 spiro atoms. The van der Waals surface area contributed by atoms with Gasteiger partial charge < -0.3 is 26.1 Å². The fourth-order valence-electron chi connectivity index (χ4n) is 2.69. The van der Waals surface area contributed by atoms with Gasteiger partial charge >= 0.3 is 0 Å². The molecule has 0 fully saturated rings. The summed E-state index contributed by atoms with van der Waals surface area (Å²) >= 11 is 0. The zero-order valence-corrected chi connectivity index (χ0v) is 15.6. The van der Waals surface area contributed by atoms with Crippen LogP contribution in [0.5, 0.6) is 11.5 Å². The van der Waals surface area contributed by atoms with Gasteiger partial charge in [-0.05, 0) is 61.2 Å². The lowest BCUT2D eigenvalue weighted by molar-refractivity contribution is -0.107. The molecule has 5 nitrogen and oxygen atoms in total. The fraction of sp³-hybridized carbons (Fsp3) is 0.381. The molecule has 0 aliphatic carbocycles. The van der Waals surface area contributed by atoms with Crippen molar-refractivity contribution in [3.63, 3.8) is 0 Å². The molecule has 0 heterocycles. The summed E-state index contributed by atoms with van der Waals surface area (Å²) in [6, 6.07) is 13.0. The molecule has 5 heteroatoms. The number of hydrogen-bond donors (Lipinski definition) is 4. The highest BCUT2D eigenvalue weighted by Crippen LogP contribution is 2.25. The van der Waals surface area contributed by atoms with Crippen LogP contribution in [0.4, 0.5) is 0 Å². The van der Waals surface area contributed by atoms with Gasteiger partial charge in [-0.3, -0.25) is 0 Å². The van der Waals surface area contributed by atoms with E-state index in [0.29, 0.717) is 18.0 Å². The van der Waals surface area contributed by atoms with Crippen LogP contribution in [0, 0.1) is 0 Å². The highest BCUT2D eigenvalue weighted by Gasteiger charge is 2.08. The second-order valence-electron chi connectivity index (χ2n) is 6.14. The first-order valence-electron chi connectivity index (χ1n) is 8.93. The van der Waals surface area contributed by atoms with Crippen molar-refractivity contribution < 1.29 is 15.0 Å². The van der Waals surface area contributed by atoms with Crippen LogP contribution in [0.3, 0.4) is 0 Å². The maximum absolute atomic E-state index is 10.0. The lowest BCUT2D eigenvalue weighted by Gasteiger charge is -2.15. The summed E-state index contributed by atoms with van der Waals surface area (Å²) < 4.78 is 0. The second kappa shape index (κ2) is 12.1. The summed E-state index contributed by atoms with van der Waals surface area (Å²) in [6.07, 6.45) is 3.39. The number of phenolic OH excluding ortho intramolecular Hbond substituents is 2. The SMILES string of the molecule is CCC(CCNC)c1cccc(CN)c1.O=CCc1ccc(O)c(O)c1. The molecule has 2 aromatic carbocycles. The van der Waals surface area contributed by atoms with E-state index in [1.807, 2.05) is 7.05 Å². The molecule has 0 saturated heterocycles. The van der Waals surface area contributed by atoms with Gasteiger partial charge in [-0.25, -0.2) is 0 Å². The second-order valence-corrected chi connectivity index (χ2v) is 6.14. The van der Waals surface area contributed by atoms with Gasteiger partial charge in [0, 0.05) is 13.0 Å². The molecule has 142 valence electrons. The van der Waals surface area contributed by atoms with E-state index in [2.05, 4.69) is 36.5 Å². The maximum Gasteiger partial charge on any atom is 0.157 e. The van der Waals surface area contributed by atoms with Gasteiger partial charge in [0.05, 0.1) is 0 Å². The molecule has 0 saturated carbocycles. The largest absolute Gasteiger partial charge is 0.504 e. The molecule has 0 aliphatic rings. The van der Waals surface area contributed by atoms with Crippen LogP contribution in [0.25, 0.3) is 0 Å². The van der Waals surface area contributed by atoms with Crippen LogP contribution in [0.2, 0.25) is 0 Å². The molecule has 0 aliphatic heterocycles. The van der Waals surface area contributed by atoms with E-state index in [9.17, 15) is 4.79 Å². The normalized spacial score (nSPS) is 11.3. The van der Waals surface area contributed by atoms with Gasteiger partial charge in [-0.15, -0.1) is 0 Å². The molecule has 0 bridgehead atoms. The number of hydrogen-bond acceptors (Lipinski definition) is 5. The minimum Gasteiger partial charge on any atom is -0.504 e. The molecule has 5 N–H and O–H groups in total. The fourth-order valence-corrected chi connectivity index (χ4v) is 2.69. The van der Waals surface area contributed by atoms with Gasteiger partial charge in [0.1, 0.15) is 6.29 Å². The van der Waals surface area contributed by atoms with Gasteiger partial charge in [0.15, 0.2) is 11.5 Å². The van der Waals surface area contributed by atoms with Crippen molar-refractivity contribution in [2.24, 2.45) is 5.73 Å². The highest BCUT2D eigenvalue weighted by atomic mass is 16.3. The molecule has 1 unspecified atom stereocenters. The predicted octanol–water partition coefficient (Wildman–Crippen LogP) is 3.09. The highest BCUT2D eigenvalue weighted by molar-refractivity contribution is 5.56. The molecule has 0 radical (unpaired) electrons. The topological polar surface area (TPSA) is 95.6 Å². The average Bonchev–Trinajstić information content (AvgIpc) is 2.66. The van der Waals surface area contributed by atoms with Crippen molar-refractivity contribution in [2.45, 2.75) is 38.6 Å². The number of nitrogens with two attached hydrogens (primary N) is 1. The molecule has 0 amide bonds. The number of benzene rings is 2. The Morgan fingerprint density at radius 2 is 1.88 bits per heavy atom. The lowest BCUT2D eigenvalue weighted by atomic mass is 9.92. The lowest BCUT2D eigenvalue weighted by Crippen LogP contribution is -2.12. The van der Waals surface area contributed by atoms with Crippen LogP contribution in [0.15, 0.2) is 42.5 Å². The van der Waals surface area contributed by atoms with Gasteiger partial charge in [0.25, 0.3) is 0 Å². The number of carbonyl (C=O) groups is 1.